The van der Waals surface area contributed by atoms with E-state index in [-0.39, 0.29) is 5.56 Å². The maximum atomic E-state index is 8.62. The van der Waals surface area contributed by atoms with Crippen LogP contribution in [0.2, 0.25) is 0 Å². The van der Waals surface area contributed by atoms with Gasteiger partial charge >= 0.3 is 0 Å². The minimum atomic E-state index is -2.40. The first kappa shape index (κ1) is 26.3. The number of fused-ring (bicyclic) bond motifs is 13. The summed E-state index contributed by atoms with van der Waals surface area (Å²) < 4.78 is 28.1. The van der Waals surface area contributed by atoms with Gasteiger partial charge in [0.05, 0.1) is 33.0 Å². The lowest BCUT2D eigenvalue weighted by molar-refractivity contribution is 0.932. The maximum absolute atomic E-state index is 8.62. The van der Waals surface area contributed by atoms with Crippen LogP contribution in [0.5, 0.6) is 0 Å². The highest BCUT2D eigenvalue weighted by molar-refractivity contribution is 7.26. The maximum Gasteiger partial charge on any atom is 0.251 e. The average molecular weight is 686 g/mol. The van der Waals surface area contributed by atoms with Gasteiger partial charge in [-0.2, -0.15) is 0 Å². The minimum Gasteiger partial charge on any atom is -0.246 e. The fourth-order valence-corrected chi connectivity index (χ4v) is 9.32. The molecule has 1 aliphatic rings. The van der Waals surface area contributed by atoms with Crippen molar-refractivity contribution in [3.63, 3.8) is 0 Å². The van der Waals surface area contributed by atoms with Crippen LogP contribution >= 0.6 is 11.3 Å². The molecule has 52 heavy (non-hydrogen) atoms. The highest BCUT2D eigenvalue weighted by Crippen LogP contribution is 2.59. The quantitative estimate of drug-likeness (QED) is 0.185. The van der Waals surface area contributed by atoms with Crippen LogP contribution in [0.15, 0.2) is 164 Å². The van der Waals surface area contributed by atoms with Gasteiger partial charge in [-0.25, -0.2) is 20.0 Å². The summed E-state index contributed by atoms with van der Waals surface area (Å²) in [5.74, 6) is 0.376. The summed E-state index contributed by atoms with van der Waals surface area (Å²) in [6.07, 6.45) is 0. The summed E-state index contributed by atoms with van der Waals surface area (Å²) in [4.78, 5) is 10.8. The molecule has 3 heterocycles. The second-order valence-corrected chi connectivity index (χ2v) is 14.2. The molecule has 8 aromatic carbocycles. The van der Waals surface area contributed by atoms with Crippen molar-refractivity contribution in [2.75, 3.05) is 10.0 Å². The van der Waals surface area contributed by atoms with Crippen LogP contribution < -0.4 is 10.0 Å². The van der Waals surface area contributed by atoms with Gasteiger partial charge in [-0.05, 0) is 58.2 Å². The van der Waals surface area contributed by atoms with Crippen LogP contribution in [-0.4, -0.2) is 9.97 Å². The van der Waals surface area contributed by atoms with Gasteiger partial charge in [-0.3, -0.25) is 0 Å². The Morgan fingerprint density at radius 2 is 1.23 bits per heavy atom. The molecule has 1 aliphatic heterocycles. The number of hydrogen-bond donors (Lipinski definition) is 0. The van der Waals surface area contributed by atoms with Crippen molar-refractivity contribution >= 4 is 87.0 Å². The molecular formula is C47H30N4S. The predicted molar refractivity (Wildman–Crippen MR) is 220 cm³/mol. The second-order valence-electron chi connectivity index (χ2n) is 13.2. The van der Waals surface area contributed by atoms with Gasteiger partial charge in [0.2, 0.25) is 0 Å². The number of nitrogens with zero attached hydrogens (tertiary/aromatic N) is 4. The Balaban J connectivity index is 1.38. The molecule has 0 saturated heterocycles. The third-order valence-electron chi connectivity index (χ3n) is 10.3. The highest BCUT2D eigenvalue weighted by Gasteiger charge is 2.38. The number of hydrogen-bond acceptors (Lipinski definition) is 5. The van der Waals surface area contributed by atoms with Crippen LogP contribution in [0.1, 0.15) is 9.68 Å². The molecule has 0 radical (unpaired) electrons. The van der Waals surface area contributed by atoms with E-state index in [9.17, 15) is 0 Å². The molecular weight excluding hydrogens is 653 g/mol. The Labute approximate surface area is 308 Å². The number of benzene rings is 8. The van der Waals surface area contributed by atoms with Gasteiger partial charge in [0.1, 0.15) is 0 Å². The van der Waals surface area contributed by atoms with E-state index >= 15 is 0 Å². The van der Waals surface area contributed by atoms with E-state index in [1.807, 2.05) is 54.6 Å². The Hall–Kier alpha value is -6.56. The molecule has 2 aromatic heterocycles. The molecule has 0 fully saturated rings. The summed E-state index contributed by atoms with van der Waals surface area (Å²) in [7, 11) is 0. The van der Waals surface area contributed by atoms with Gasteiger partial charge in [-0.15, -0.1) is 11.3 Å². The van der Waals surface area contributed by atoms with Crippen LogP contribution in [0, 0.1) is 6.85 Å². The Bertz CT molecular complexity index is 3160. The Morgan fingerprint density at radius 1 is 0.538 bits per heavy atom. The molecule has 0 aliphatic carbocycles. The molecule has 0 saturated carbocycles. The zero-order chi connectivity index (χ0) is 36.8. The first-order chi connectivity index (χ1) is 27.0. The van der Waals surface area contributed by atoms with Gasteiger partial charge in [0.25, 0.3) is 5.95 Å². The molecule has 0 unspecified atom stereocenters. The second kappa shape index (κ2) is 11.2. The largest absolute Gasteiger partial charge is 0.251 e. The highest BCUT2D eigenvalue weighted by atomic mass is 32.1. The molecule has 0 atom stereocenters. The summed E-state index contributed by atoms with van der Waals surface area (Å²) in [6.45, 7) is -2.40. The number of aryl methyl sites for hydroxylation is 1. The number of thiophene rings is 1. The van der Waals surface area contributed by atoms with Crippen LogP contribution in [0.25, 0.3) is 75.0 Å². The first-order valence-electron chi connectivity index (χ1n) is 18.9. The van der Waals surface area contributed by atoms with Crippen LogP contribution in [0.3, 0.4) is 0 Å². The topological polar surface area (TPSA) is 32.3 Å². The molecule has 0 spiro atoms. The van der Waals surface area contributed by atoms with E-state index in [2.05, 4.69) is 107 Å². The van der Waals surface area contributed by atoms with Gasteiger partial charge < -0.3 is 0 Å². The van der Waals surface area contributed by atoms with E-state index in [1.165, 1.54) is 20.9 Å². The number of rotatable bonds is 3. The first-order valence-corrected chi connectivity index (χ1v) is 18.2. The Kier molecular flexibility index (Phi) is 5.67. The molecule has 244 valence electrons. The summed E-state index contributed by atoms with van der Waals surface area (Å²) in [5, 5.41) is 12.0. The van der Waals surface area contributed by atoms with E-state index < -0.39 is 6.85 Å². The van der Waals surface area contributed by atoms with Gasteiger partial charge in [0, 0.05) is 41.7 Å². The van der Waals surface area contributed by atoms with Crippen molar-refractivity contribution in [1.29, 1.82) is 0 Å². The zero-order valence-electron chi connectivity index (χ0n) is 30.8. The lowest BCUT2D eigenvalue weighted by atomic mass is 9.87. The zero-order valence-corrected chi connectivity index (χ0v) is 28.6. The van der Waals surface area contributed by atoms with Crippen molar-refractivity contribution < 1.29 is 4.11 Å². The summed E-state index contributed by atoms with van der Waals surface area (Å²) >= 11 is 1.76. The molecule has 10 aromatic rings. The van der Waals surface area contributed by atoms with Crippen LogP contribution in [0.4, 0.5) is 23.0 Å². The third kappa shape index (κ3) is 4.14. The van der Waals surface area contributed by atoms with E-state index in [1.54, 1.807) is 23.5 Å². The molecule has 5 heteroatoms. The monoisotopic (exact) mass is 685 g/mol. The lowest BCUT2D eigenvalue weighted by Crippen LogP contribution is -2.40. The molecule has 4 nitrogen and oxygen atoms in total. The van der Waals surface area contributed by atoms with Crippen molar-refractivity contribution in [2.24, 2.45) is 0 Å². The summed E-state index contributed by atoms with van der Waals surface area (Å²) in [6, 6.07) is 55.9. The van der Waals surface area contributed by atoms with Gasteiger partial charge in [0.15, 0.2) is 0 Å². The van der Waals surface area contributed by atoms with Crippen molar-refractivity contribution in [1.82, 2.24) is 9.97 Å². The fraction of sp³-hybridized carbons (Fsp3) is 0.0213. The predicted octanol–water partition coefficient (Wildman–Crippen LogP) is 13.2. The van der Waals surface area contributed by atoms with E-state index in [0.717, 1.165) is 54.6 Å². The minimum absolute atomic E-state index is 0.186. The molecule has 0 bridgehead atoms. The number of hydrazine groups is 1. The number of aromatic nitrogens is 2. The van der Waals surface area contributed by atoms with Gasteiger partial charge in [-0.1, -0.05) is 140 Å². The van der Waals surface area contributed by atoms with Crippen molar-refractivity contribution in [3.8, 4) is 22.4 Å². The summed E-state index contributed by atoms with van der Waals surface area (Å²) in [5.41, 5.74) is 7.17. The molecule has 0 N–H and O–H groups in total. The van der Waals surface area contributed by atoms with E-state index in [4.69, 9.17) is 14.1 Å². The number of anilines is 4. The normalized spacial score (nSPS) is 13.7. The average Bonchev–Trinajstić information content (AvgIpc) is 3.62. The van der Waals surface area contributed by atoms with Crippen molar-refractivity contribution in [3.05, 3.63) is 169 Å². The molecule has 0 amide bonds. The van der Waals surface area contributed by atoms with Crippen molar-refractivity contribution in [2.45, 2.75) is 6.85 Å². The third-order valence-corrected chi connectivity index (χ3v) is 11.4. The SMILES string of the molecule is [2H]C([2H])([2H])c1cccc2c(-c3ccccc3)nc(N3c4c(c5ccccc5c5c4sc4ccccc45)-c4c(ccc5ccccc45)N3c3ccccc3)nc12. The smallest absolute Gasteiger partial charge is 0.246 e. The fourth-order valence-electron chi connectivity index (χ4n) is 8.07. The van der Waals surface area contributed by atoms with Crippen LogP contribution in [-0.2, 0) is 0 Å². The number of para-hydroxylation sites is 2. The standard InChI is InChI=1S/C47H30N4S/c1-29-15-14-25-37-43(29)48-47(49-44(37)31-17-4-2-5-18-31)51-45-42(35-23-11-10-22-34(35)40-36-24-12-13-26-39(36)52-46(40)45)41-33-21-9-8-16-30(33)27-28-38(41)50(51)32-19-6-3-7-20-32/h2-28H,1H3/i1D3. The lowest BCUT2D eigenvalue weighted by Gasteiger charge is -2.43. The molecule has 11 rings (SSSR count). The van der Waals surface area contributed by atoms with E-state index in [0.29, 0.717) is 22.5 Å². The Morgan fingerprint density at radius 3 is 2.06 bits per heavy atom.